The van der Waals surface area contributed by atoms with Gasteiger partial charge in [-0.2, -0.15) is 0 Å². The Morgan fingerprint density at radius 1 is 1.33 bits per heavy atom. The SMILES string of the molecule is CCc1oc(C(=O)NCC2(c3cccc(Cl)c3)CC2)cc1C(=O)O. The normalized spacial score (nSPS) is 15.1. The van der Waals surface area contributed by atoms with E-state index < -0.39 is 11.9 Å². The minimum absolute atomic E-state index is 0.0335. The van der Waals surface area contributed by atoms with Crippen molar-refractivity contribution in [3.8, 4) is 0 Å². The summed E-state index contributed by atoms with van der Waals surface area (Å²) < 4.78 is 5.38. The van der Waals surface area contributed by atoms with Gasteiger partial charge in [0.2, 0.25) is 0 Å². The van der Waals surface area contributed by atoms with E-state index in [0.717, 1.165) is 18.4 Å². The molecule has 1 aromatic heterocycles. The molecular formula is C18H18ClNO4. The quantitative estimate of drug-likeness (QED) is 0.835. The van der Waals surface area contributed by atoms with Crippen LogP contribution in [-0.4, -0.2) is 23.5 Å². The van der Waals surface area contributed by atoms with Gasteiger partial charge in [-0.05, 0) is 30.5 Å². The van der Waals surface area contributed by atoms with Gasteiger partial charge in [-0.25, -0.2) is 4.79 Å². The maximum absolute atomic E-state index is 12.3. The van der Waals surface area contributed by atoms with Gasteiger partial charge < -0.3 is 14.8 Å². The molecule has 0 spiro atoms. The maximum atomic E-state index is 12.3. The maximum Gasteiger partial charge on any atom is 0.339 e. The predicted octanol–water partition coefficient (Wildman–Crippen LogP) is 3.66. The fourth-order valence-corrected chi connectivity index (χ4v) is 3.05. The summed E-state index contributed by atoms with van der Waals surface area (Å²) in [6.45, 7) is 2.25. The number of carboxylic acid groups (broad SMARTS) is 1. The van der Waals surface area contributed by atoms with Crippen molar-refractivity contribution in [1.29, 1.82) is 0 Å². The number of nitrogens with one attached hydrogen (secondary N) is 1. The minimum Gasteiger partial charge on any atom is -0.478 e. The second-order valence-electron chi connectivity index (χ2n) is 6.08. The molecule has 0 radical (unpaired) electrons. The summed E-state index contributed by atoms with van der Waals surface area (Å²) in [5.41, 5.74) is 1.06. The van der Waals surface area contributed by atoms with Gasteiger partial charge in [0.1, 0.15) is 11.3 Å². The predicted molar refractivity (Wildman–Crippen MR) is 89.7 cm³/mol. The first-order chi connectivity index (χ1) is 11.4. The molecule has 1 aliphatic rings. The topological polar surface area (TPSA) is 79.5 Å². The smallest absolute Gasteiger partial charge is 0.339 e. The third-order valence-electron chi connectivity index (χ3n) is 4.46. The molecule has 6 heteroatoms. The van der Waals surface area contributed by atoms with Crippen LogP contribution < -0.4 is 5.32 Å². The third-order valence-corrected chi connectivity index (χ3v) is 4.70. The molecule has 24 heavy (non-hydrogen) atoms. The van der Waals surface area contributed by atoms with E-state index >= 15 is 0 Å². The van der Waals surface area contributed by atoms with Gasteiger partial charge in [0, 0.05) is 29.5 Å². The van der Waals surface area contributed by atoms with Crippen LogP contribution in [0.5, 0.6) is 0 Å². The summed E-state index contributed by atoms with van der Waals surface area (Å²) in [4.78, 5) is 23.5. The molecule has 5 nitrogen and oxygen atoms in total. The van der Waals surface area contributed by atoms with Crippen LogP contribution in [0, 0.1) is 0 Å². The molecule has 0 unspecified atom stereocenters. The molecular weight excluding hydrogens is 330 g/mol. The Labute approximate surface area is 144 Å². The number of benzene rings is 1. The summed E-state index contributed by atoms with van der Waals surface area (Å²) >= 11 is 6.05. The van der Waals surface area contributed by atoms with E-state index in [-0.39, 0.29) is 16.7 Å². The Bertz CT molecular complexity index is 792. The molecule has 2 aromatic rings. The Balaban J connectivity index is 1.71. The van der Waals surface area contributed by atoms with Gasteiger partial charge in [0.05, 0.1) is 0 Å². The number of carbonyl (C=O) groups excluding carboxylic acids is 1. The van der Waals surface area contributed by atoms with E-state index in [9.17, 15) is 9.59 Å². The van der Waals surface area contributed by atoms with Crippen LogP contribution in [-0.2, 0) is 11.8 Å². The first kappa shape index (κ1) is 16.6. The second kappa shape index (κ2) is 6.32. The fourth-order valence-electron chi connectivity index (χ4n) is 2.86. The summed E-state index contributed by atoms with van der Waals surface area (Å²) in [6, 6.07) is 8.94. The highest BCUT2D eigenvalue weighted by molar-refractivity contribution is 6.30. The molecule has 1 fully saturated rings. The van der Waals surface area contributed by atoms with Gasteiger partial charge in [0.15, 0.2) is 5.76 Å². The highest BCUT2D eigenvalue weighted by Gasteiger charge is 2.44. The van der Waals surface area contributed by atoms with Crippen LogP contribution in [0.4, 0.5) is 0 Å². The molecule has 0 aliphatic heterocycles. The number of rotatable bonds is 6. The number of furan rings is 1. The van der Waals surface area contributed by atoms with Gasteiger partial charge in [-0.3, -0.25) is 4.79 Å². The third kappa shape index (κ3) is 3.17. The average molecular weight is 348 g/mol. The van der Waals surface area contributed by atoms with Gasteiger partial charge in [0.25, 0.3) is 5.91 Å². The number of amides is 1. The van der Waals surface area contributed by atoms with E-state index in [1.807, 2.05) is 24.3 Å². The minimum atomic E-state index is -1.09. The fraction of sp³-hybridized carbons (Fsp3) is 0.333. The lowest BCUT2D eigenvalue weighted by molar-refractivity contribution is 0.0694. The Hall–Kier alpha value is -2.27. The first-order valence-corrected chi connectivity index (χ1v) is 8.23. The molecule has 1 amide bonds. The van der Waals surface area contributed by atoms with Crippen LogP contribution in [0.15, 0.2) is 34.7 Å². The lowest BCUT2D eigenvalue weighted by Crippen LogP contribution is -2.32. The van der Waals surface area contributed by atoms with E-state index in [1.165, 1.54) is 6.07 Å². The summed E-state index contributed by atoms with van der Waals surface area (Å²) in [5.74, 6) is -1.15. The first-order valence-electron chi connectivity index (χ1n) is 7.85. The second-order valence-corrected chi connectivity index (χ2v) is 6.52. The molecule has 2 N–H and O–H groups in total. The zero-order valence-corrected chi connectivity index (χ0v) is 14.0. The summed E-state index contributed by atoms with van der Waals surface area (Å²) in [7, 11) is 0. The number of hydrogen-bond acceptors (Lipinski definition) is 3. The molecule has 1 aliphatic carbocycles. The van der Waals surface area contributed by atoms with Gasteiger partial charge in [-0.1, -0.05) is 30.7 Å². The Kier molecular flexibility index (Phi) is 4.37. The van der Waals surface area contributed by atoms with E-state index in [2.05, 4.69) is 5.32 Å². The standard InChI is InChI=1S/C18H18ClNO4/c1-2-14-13(17(22)23)9-15(24-14)16(21)20-10-18(6-7-18)11-4-3-5-12(19)8-11/h3-5,8-9H,2,6-7,10H2,1H3,(H,20,21)(H,22,23). The van der Waals surface area contributed by atoms with Crippen LogP contribution >= 0.6 is 11.6 Å². The molecule has 0 saturated heterocycles. The van der Waals surface area contributed by atoms with E-state index in [1.54, 1.807) is 6.92 Å². The molecule has 1 saturated carbocycles. The lowest BCUT2D eigenvalue weighted by atomic mass is 9.96. The Morgan fingerprint density at radius 3 is 2.62 bits per heavy atom. The number of carboxylic acids is 1. The van der Waals surface area contributed by atoms with Crippen molar-refractivity contribution in [1.82, 2.24) is 5.32 Å². The number of aromatic carboxylic acids is 1. The van der Waals surface area contributed by atoms with Crippen molar-refractivity contribution in [2.45, 2.75) is 31.6 Å². The zero-order chi connectivity index (χ0) is 17.3. The van der Waals surface area contributed by atoms with Crippen molar-refractivity contribution < 1.29 is 19.1 Å². The van der Waals surface area contributed by atoms with Crippen molar-refractivity contribution in [3.05, 3.63) is 58.0 Å². The van der Waals surface area contributed by atoms with Gasteiger partial charge in [-0.15, -0.1) is 0 Å². The van der Waals surface area contributed by atoms with Crippen LogP contribution in [0.1, 0.15) is 52.0 Å². The van der Waals surface area contributed by atoms with Crippen LogP contribution in [0.2, 0.25) is 5.02 Å². The lowest BCUT2D eigenvalue weighted by Gasteiger charge is -2.16. The highest BCUT2D eigenvalue weighted by Crippen LogP contribution is 2.48. The molecule has 1 aromatic carbocycles. The number of hydrogen-bond donors (Lipinski definition) is 2. The van der Waals surface area contributed by atoms with Crippen LogP contribution in [0.3, 0.4) is 0 Å². The van der Waals surface area contributed by atoms with Crippen molar-refractivity contribution in [2.75, 3.05) is 6.54 Å². The van der Waals surface area contributed by atoms with Crippen LogP contribution in [0.25, 0.3) is 0 Å². The molecule has 1 heterocycles. The van der Waals surface area contributed by atoms with Crippen molar-refractivity contribution in [3.63, 3.8) is 0 Å². The largest absolute Gasteiger partial charge is 0.478 e. The van der Waals surface area contributed by atoms with Crippen molar-refractivity contribution >= 4 is 23.5 Å². The monoisotopic (exact) mass is 347 g/mol. The summed E-state index contributed by atoms with van der Waals surface area (Å²) in [5, 5.41) is 12.7. The van der Waals surface area contributed by atoms with Gasteiger partial charge >= 0.3 is 5.97 Å². The number of carbonyl (C=O) groups is 2. The Morgan fingerprint density at radius 2 is 2.08 bits per heavy atom. The number of aryl methyl sites for hydroxylation is 1. The molecule has 0 atom stereocenters. The molecule has 3 rings (SSSR count). The van der Waals surface area contributed by atoms with E-state index in [4.69, 9.17) is 21.1 Å². The number of halogens is 1. The molecule has 0 bridgehead atoms. The van der Waals surface area contributed by atoms with Crippen molar-refractivity contribution in [2.24, 2.45) is 0 Å². The van der Waals surface area contributed by atoms with E-state index in [0.29, 0.717) is 23.7 Å². The molecule has 126 valence electrons. The highest BCUT2D eigenvalue weighted by atomic mass is 35.5. The average Bonchev–Trinajstić information content (AvgIpc) is 3.22. The summed E-state index contributed by atoms with van der Waals surface area (Å²) in [6.07, 6.45) is 2.38. The zero-order valence-electron chi connectivity index (χ0n) is 13.3.